The summed E-state index contributed by atoms with van der Waals surface area (Å²) in [4.78, 5) is 16.3. The number of amides is 1. The molecule has 0 aromatic heterocycles. The molecule has 0 aliphatic heterocycles. The molecule has 0 heterocycles. The summed E-state index contributed by atoms with van der Waals surface area (Å²) in [5, 5.41) is 9.37. The van der Waals surface area contributed by atoms with E-state index in [1.807, 2.05) is 37.3 Å². The Morgan fingerprint density at radius 1 is 1.04 bits per heavy atom. The number of nitrogens with one attached hydrogen (secondary N) is 3. The lowest BCUT2D eigenvalue weighted by molar-refractivity contribution is -0.119. The third-order valence-corrected chi connectivity index (χ3v) is 3.77. The lowest BCUT2D eigenvalue weighted by Gasteiger charge is -2.16. The molecule has 1 amide bonds. The molecular formula is C18H30N4O. The van der Waals surface area contributed by atoms with Crippen molar-refractivity contribution in [3.8, 4) is 0 Å². The van der Waals surface area contributed by atoms with Crippen molar-refractivity contribution in [1.82, 2.24) is 16.0 Å². The van der Waals surface area contributed by atoms with Crippen LogP contribution in [0.3, 0.4) is 0 Å². The van der Waals surface area contributed by atoms with Gasteiger partial charge in [-0.3, -0.25) is 4.79 Å². The normalized spacial score (nSPS) is 11.4. The van der Waals surface area contributed by atoms with Gasteiger partial charge in [-0.2, -0.15) is 0 Å². The fraction of sp³-hybridized carbons (Fsp3) is 0.556. The summed E-state index contributed by atoms with van der Waals surface area (Å²) < 4.78 is 0. The van der Waals surface area contributed by atoms with Crippen LogP contribution in [-0.2, 0) is 11.3 Å². The number of nitrogens with zero attached hydrogens (tertiary/aromatic N) is 1. The Labute approximate surface area is 140 Å². The molecule has 128 valence electrons. The molecule has 1 aromatic carbocycles. The highest BCUT2D eigenvalue weighted by Gasteiger charge is 2.06. The number of benzene rings is 1. The van der Waals surface area contributed by atoms with E-state index in [1.54, 1.807) is 0 Å². The maximum absolute atomic E-state index is 11.9. The van der Waals surface area contributed by atoms with E-state index in [4.69, 9.17) is 0 Å². The van der Waals surface area contributed by atoms with Gasteiger partial charge in [0.05, 0.1) is 0 Å². The van der Waals surface area contributed by atoms with Gasteiger partial charge >= 0.3 is 0 Å². The number of carbonyl (C=O) groups is 1. The highest BCUT2D eigenvalue weighted by molar-refractivity contribution is 5.84. The van der Waals surface area contributed by atoms with Gasteiger partial charge in [0.15, 0.2) is 5.96 Å². The molecule has 0 radical (unpaired) electrons. The van der Waals surface area contributed by atoms with E-state index in [0.29, 0.717) is 18.4 Å². The molecule has 0 bridgehead atoms. The van der Waals surface area contributed by atoms with Crippen LogP contribution in [0.4, 0.5) is 0 Å². The van der Waals surface area contributed by atoms with Crippen LogP contribution in [0.25, 0.3) is 0 Å². The predicted octanol–water partition coefficient (Wildman–Crippen LogP) is 2.29. The SMILES string of the molecule is CCNC(=NCC(=O)NCc1ccccc1)NCC(CC)CC. The van der Waals surface area contributed by atoms with Gasteiger partial charge in [0, 0.05) is 19.6 Å². The molecule has 5 nitrogen and oxygen atoms in total. The van der Waals surface area contributed by atoms with Crippen molar-refractivity contribution >= 4 is 11.9 Å². The largest absolute Gasteiger partial charge is 0.357 e. The lowest BCUT2D eigenvalue weighted by Crippen LogP contribution is -2.40. The second-order valence-corrected chi connectivity index (χ2v) is 5.52. The maximum Gasteiger partial charge on any atom is 0.242 e. The quantitative estimate of drug-likeness (QED) is 0.483. The van der Waals surface area contributed by atoms with E-state index >= 15 is 0 Å². The van der Waals surface area contributed by atoms with Crippen LogP contribution in [0.1, 0.15) is 39.2 Å². The summed E-state index contributed by atoms with van der Waals surface area (Å²) in [5.74, 6) is 1.26. The van der Waals surface area contributed by atoms with Crippen molar-refractivity contribution < 1.29 is 4.79 Å². The number of aliphatic imine (C=N–C) groups is 1. The van der Waals surface area contributed by atoms with Crippen LogP contribution in [0.15, 0.2) is 35.3 Å². The minimum Gasteiger partial charge on any atom is -0.357 e. The van der Waals surface area contributed by atoms with Crippen LogP contribution in [0.2, 0.25) is 0 Å². The van der Waals surface area contributed by atoms with E-state index in [1.165, 1.54) is 0 Å². The molecule has 0 saturated heterocycles. The Morgan fingerprint density at radius 3 is 2.35 bits per heavy atom. The summed E-state index contributed by atoms with van der Waals surface area (Å²) in [5.41, 5.74) is 1.09. The highest BCUT2D eigenvalue weighted by Crippen LogP contribution is 2.04. The first-order valence-electron chi connectivity index (χ1n) is 8.52. The van der Waals surface area contributed by atoms with Crippen molar-refractivity contribution in [3.63, 3.8) is 0 Å². The van der Waals surface area contributed by atoms with Crippen molar-refractivity contribution in [3.05, 3.63) is 35.9 Å². The first kappa shape index (κ1) is 19.0. The van der Waals surface area contributed by atoms with Gasteiger partial charge in [0.2, 0.25) is 5.91 Å². The molecule has 3 N–H and O–H groups in total. The van der Waals surface area contributed by atoms with Crippen LogP contribution < -0.4 is 16.0 Å². The number of carbonyl (C=O) groups excluding carboxylic acids is 1. The summed E-state index contributed by atoms with van der Waals surface area (Å²) in [6.07, 6.45) is 2.28. The highest BCUT2D eigenvalue weighted by atomic mass is 16.1. The third kappa shape index (κ3) is 8.24. The van der Waals surface area contributed by atoms with E-state index in [2.05, 4.69) is 34.8 Å². The summed E-state index contributed by atoms with van der Waals surface area (Å²) >= 11 is 0. The van der Waals surface area contributed by atoms with Gasteiger partial charge in [0.1, 0.15) is 6.54 Å². The summed E-state index contributed by atoms with van der Waals surface area (Å²) in [6.45, 7) is 8.72. The fourth-order valence-electron chi connectivity index (χ4n) is 2.16. The summed E-state index contributed by atoms with van der Waals surface area (Å²) in [6, 6.07) is 9.87. The molecule has 1 aromatic rings. The van der Waals surface area contributed by atoms with E-state index < -0.39 is 0 Å². The van der Waals surface area contributed by atoms with Crippen LogP contribution in [0, 0.1) is 5.92 Å². The lowest BCUT2D eigenvalue weighted by atomic mass is 10.0. The van der Waals surface area contributed by atoms with E-state index in [0.717, 1.165) is 31.5 Å². The van der Waals surface area contributed by atoms with E-state index in [-0.39, 0.29) is 12.5 Å². The second-order valence-electron chi connectivity index (χ2n) is 5.52. The second kappa shape index (κ2) is 11.5. The average Bonchev–Trinajstić information content (AvgIpc) is 2.59. The van der Waals surface area contributed by atoms with Gasteiger partial charge < -0.3 is 16.0 Å². The van der Waals surface area contributed by atoms with Crippen LogP contribution >= 0.6 is 0 Å². The van der Waals surface area contributed by atoms with Gasteiger partial charge in [0.25, 0.3) is 0 Å². The predicted molar refractivity (Wildman–Crippen MR) is 96.3 cm³/mol. The number of hydrogen-bond donors (Lipinski definition) is 3. The smallest absolute Gasteiger partial charge is 0.242 e. The zero-order valence-electron chi connectivity index (χ0n) is 14.6. The van der Waals surface area contributed by atoms with Crippen molar-refractivity contribution in [2.45, 2.75) is 40.2 Å². The zero-order valence-corrected chi connectivity index (χ0v) is 14.6. The standard InChI is InChI=1S/C18H30N4O/c1-4-15(5-2)12-21-18(19-6-3)22-14-17(23)20-13-16-10-8-7-9-11-16/h7-11,15H,4-6,12-14H2,1-3H3,(H,20,23)(H2,19,21,22). The fourth-order valence-corrected chi connectivity index (χ4v) is 2.16. The van der Waals surface area contributed by atoms with Crippen molar-refractivity contribution in [2.75, 3.05) is 19.6 Å². The summed E-state index contributed by atoms with van der Waals surface area (Å²) in [7, 11) is 0. The Kier molecular flexibility index (Phi) is 9.52. The van der Waals surface area contributed by atoms with Gasteiger partial charge in [-0.1, -0.05) is 57.0 Å². The van der Waals surface area contributed by atoms with Gasteiger partial charge in [-0.25, -0.2) is 4.99 Å². The molecule has 0 aliphatic carbocycles. The molecule has 23 heavy (non-hydrogen) atoms. The van der Waals surface area contributed by atoms with Crippen molar-refractivity contribution in [2.24, 2.45) is 10.9 Å². The molecule has 1 rings (SSSR count). The first-order valence-corrected chi connectivity index (χ1v) is 8.52. The van der Waals surface area contributed by atoms with Crippen LogP contribution in [0.5, 0.6) is 0 Å². The Balaban J connectivity index is 2.41. The van der Waals surface area contributed by atoms with E-state index in [9.17, 15) is 4.79 Å². The topological polar surface area (TPSA) is 65.5 Å². The molecular weight excluding hydrogens is 288 g/mol. The third-order valence-electron chi connectivity index (χ3n) is 3.77. The Morgan fingerprint density at radius 2 is 1.74 bits per heavy atom. The molecule has 5 heteroatoms. The monoisotopic (exact) mass is 318 g/mol. The van der Waals surface area contributed by atoms with Gasteiger partial charge in [-0.05, 0) is 18.4 Å². The molecule has 0 saturated carbocycles. The molecule has 0 fully saturated rings. The number of guanidine groups is 1. The molecule has 0 aliphatic rings. The minimum atomic E-state index is -0.0754. The molecule has 0 spiro atoms. The molecule has 0 unspecified atom stereocenters. The first-order chi connectivity index (χ1) is 11.2. The average molecular weight is 318 g/mol. The Bertz CT molecular complexity index is 469. The molecule has 0 atom stereocenters. The Hall–Kier alpha value is -2.04. The van der Waals surface area contributed by atoms with Gasteiger partial charge in [-0.15, -0.1) is 0 Å². The maximum atomic E-state index is 11.9. The van der Waals surface area contributed by atoms with Crippen LogP contribution in [-0.4, -0.2) is 31.5 Å². The minimum absolute atomic E-state index is 0.0754. The number of rotatable bonds is 9. The zero-order chi connectivity index (χ0) is 16.9. The van der Waals surface area contributed by atoms with Crippen molar-refractivity contribution in [1.29, 1.82) is 0 Å². The number of hydrogen-bond acceptors (Lipinski definition) is 2.